The molecule has 0 fully saturated rings. The lowest BCUT2D eigenvalue weighted by Gasteiger charge is -2.23. The van der Waals surface area contributed by atoms with Gasteiger partial charge in [-0.3, -0.25) is 9.36 Å². The van der Waals surface area contributed by atoms with E-state index in [0.29, 0.717) is 5.75 Å². The molecular weight excluding hydrogens is 392 g/mol. The van der Waals surface area contributed by atoms with Crippen LogP contribution in [0.15, 0.2) is 65.5 Å². The van der Waals surface area contributed by atoms with Crippen molar-refractivity contribution in [2.45, 2.75) is 38.3 Å². The minimum absolute atomic E-state index is 0.0684. The summed E-state index contributed by atoms with van der Waals surface area (Å²) in [4.78, 5) is 15.0. The molecule has 4 rings (SSSR count). The van der Waals surface area contributed by atoms with Crippen LogP contribution in [0.4, 0.5) is 5.69 Å². The standard InChI is InChI=1S/C24H26N4OS/c1-16-10-12-18(13-11-16)28-17(2)25-26-23(28)30-15-19(29)14-22-24(3,4)20-8-6-7-9-21(20)27(22)5/h6-14H,15H2,1-5H3. The van der Waals surface area contributed by atoms with Crippen molar-refractivity contribution in [2.24, 2.45) is 0 Å². The highest BCUT2D eigenvalue weighted by Crippen LogP contribution is 2.46. The number of thioether (sulfide) groups is 1. The molecule has 0 bridgehead atoms. The molecule has 1 aromatic heterocycles. The van der Waals surface area contributed by atoms with Gasteiger partial charge in [0.15, 0.2) is 10.9 Å². The van der Waals surface area contributed by atoms with Crippen LogP contribution < -0.4 is 4.90 Å². The van der Waals surface area contributed by atoms with E-state index >= 15 is 0 Å². The zero-order chi connectivity index (χ0) is 21.5. The molecule has 2 heterocycles. The van der Waals surface area contributed by atoms with Crippen LogP contribution in [0.5, 0.6) is 0 Å². The number of nitrogens with zero attached hydrogens (tertiary/aromatic N) is 4. The Labute approximate surface area is 181 Å². The van der Waals surface area contributed by atoms with Crippen molar-refractivity contribution in [1.29, 1.82) is 0 Å². The maximum atomic E-state index is 12.9. The van der Waals surface area contributed by atoms with Gasteiger partial charge in [0, 0.05) is 35.6 Å². The molecule has 0 aliphatic carbocycles. The van der Waals surface area contributed by atoms with Crippen LogP contribution in [0.1, 0.15) is 30.8 Å². The molecule has 0 saturated carbocycles. The van der Waals surface area contributed by atoms with Gasteiger partial charge in [-0.15, -0.1) is 10.2 Å². The van der Waals surface area contributed by atoms with E-state index in [1.165, 1.54) is 22.9 Å². The fourth-order valence-corrected chi connectivity index (χ4v) is 4.84. The molecule has 0 radical (unpaired) electrons. The fourth-order valence-electron chi connectivity index (χ4n) is 4.02. The largest absolute Gasteiger partial charge is 0.347 e. The molecule has 0 amide bonds. The first-order chi connectivity index (χ1) is 14.3. The number of para-hydroxylation sites is 1. The lowest BCUT2D eigenvalue weighted by molar-refractivity contribution is -0.112. The number of ketones is 1. The summed E-state index contributed by atoms with van der Waals surface area (Å²) in [7, 11) is 2.03. The average Bonchev–Trinajstić information content (AvgIpc) is 3.18. The summed E-state index contributed by atoms with van der Waals surface area (Å²) in [6.07, 6.45) is 1.78. The second-order valence-corrected chi connectivity index (χ2v) is 9.13. The molecule has 0 N–H and O–H groups in total. The van der Waals surface area contributed by atoms with Gasteiger partial charge in [0.1, 0.15) is 5.82 Å². The highest BCUT2D eigenvalue weighted by Gasteiger charge is 2.38. The predicted molar refractivity (Wildman–Crippen MR) is 123 cm³/mol. The van der Waals surface area contributed by atoms with E-state index in [1.807, 2.05) is 36.7 Å². The molecular formula is C24H26N4OS. The van der Waals surface area contributed by atoms with Crippen molar-refractivity contribution in [3.63, 3.8) is 0 Å². The van der Waals surface area contributed by atoms with Crippen LogP contribution in [0.2, 0.25) is 0 Å². The number of carbonyl (C=O) groups excluding carboxylic acids is 1. The Morgan fingerprint density at radius 2 is 1.77 bits per heavy atom. The lowest BCUT2D eigenvalue weighted by Crippen LogP contribution is -2.24. The molecule has 2 aromatic carbocycles. The number of fused-ring (bicyclic) bond motifs is 1. The summed E-state index contributed by atoms with van der Waals surface area (Å²) in [5.41, 5.74) is 5.42. The van der Waals surface area contributed by atoms with Crippen molar-refractivity contribution in [3.8, 4) is 5.69 Å². The topological polar surface area (TPSA) is 51.0 Å². The summed E-state index contributed by atoms with van der Waals surface area (Å²) in [6.45, 7) is 8.32. The molecule has 1 aliphatic rings. The Morgan fingerprint density at radius 1 is 1.07 bits per heavy atom. The van der Waals surface area contributed by atoms with Crippen LogP contribution in [0, 0.1) is 13.8 Å². The molecule has 30 heavy (non-hydrogen) atoms. The minimum Gasteiger partial charge on any atom is -0.347 e. The lowest BCUT2D eigenvalue weighted by atomic mass is 9.83. The van der Waals surface area contributed by atoms with Crippen LogP contribution >= 0.6 is 11.8 Å². The first-order valence-electron chi connectivity index (χ1n) is 9.99. The summed E-state index contributed by atoms with van der Waals surface area (Å²) in [6, 6.07) is 16.5. The molecule has 6 heteroatoms. The number of likely N-dealkylation sites (N-methyl/N-ethyl adjacent to an activating group) is 1. The Bertz CT molecular complexity index is 1130. The van der Waals surface area contributed by atoms with Gasteiger partial charge in [-0.05, 0) is 37.6 Å². The molecule has 0 spiro atoms. The Kier molecular flexibility index (Phi) is 5.28. The normalized spacial score (nSPS) is 16.2. The zero-order valence-corrected chi connectivity index (χ0v) is 18.8. The Balaban J connectivity index is 1.54. The molecule has 1 aliphatic heterocycles. The maximum absolute atomic E-state index is 12.9. The van der Waals surface area contributed by atoms with E-state index < -0.39 is 0 Å². The van der Waals surface area contributed by atoms with E-state index in [1.54, 1.807) is 6.08 Å². The third kappa shape index (κ3) is 3.56. The number of anilines is 1. The van der Waals surface area contributed by atoms with Crippen molar-refractivity contribution in [2.75, 3.05) is 17.7 Å². The number of carbonyl (C=O) groups is 1. The number of aromatic nitrogens is 3. The average molecular weight is 419 g/mol. The van der Waals surface area contributed by atoms with Gasteiger partial charge in [0.05, 0.1) is 5.75 Å². The highest BCUT2D eigenvalue weighted by molar-refractivity contribution is 7.99. The smallest absolute Gasteiger partial charge is 0.196 e. The van der Waals surface area contributed by atoms with Gasteiger partial charge in [0.25, 0.3) is 0 Å². The summed E-state index contributed by atoms with van der Waals surface area (Å²) in [5, 5.41) is 9.23. The number of hydrogen-bond donors (Lipinski definition) is 0. The molecule has 0 atom stereocenters. The fraction of sp³-hybridized carbons (Fsp3) is 0.292. The zero-order valence-electron chi connectivity index (χ0n) is 18.0. The number of aryl methyl sites for hydroxylation is 2. The summed E-state index contributed by atoms with van der Waals surface area (Å²) in [5.74, 6) is 1.19. The van der Waals surface area contributed by atoms with Gasteiger partial charge >= 0.3 is 0 Å². The van der Waals surface area contributed by atoms with E-state index in [2.05, 4.69) is 66.2 Å². The third-order valence-electron chi connectivity index (χ3n) is 5.67. The molecule has 3 aromatic rings. The molecule has 0 unspecified atom stereocenters. The summed E-state index contributed by atoms with van der Waals surface area (Å²) < 4.78 is 1.99. The van der Waals surface area contributed by atoms with Gasteiger partial charge in [-0.1, -0.05) is 61.5 Å². The van der Waals surface area contributed by atoms with E-state index in [4.69, 9.17) is 0 Å². The van der Waals surface area contributed by atoms with Crippen molar-refractivity contribution < 1.29 is 4.79 Å². The van der Waals surface area contributed by atoms with Crippen LogP contribution in [-0.4, -0.2) is 33.3 Å². The van der Waals surface area contributed by atoms with E-state index in [9.17, 15) is 4.79 Å². The van der Waals surface area contributed by atoms with Gasteiger partial charge < -0.3 is 4.90 Å². The first kappa shape index (κ1) is 20.4. The van der Waals surface area contributed by atoms with Crippen molar-refractivity contribution in [3.05, 3.63) is 77.3 Å². The minimum atomic E-state index is -0.204. The van der Waals surface area contributed by atoms with Crippen LogP contribution in [0.3, 0.4) is 0 Å². The van der Waals surface area contributed by atoms with Gasteiger partial charge in [0.2, 0.25) is 0 Å². The number of benzene rings is 2. The number of rotatable bonds is 5. The van der Waals surface area contributed by atoms with Gasteiger partial charge in [-0.2, -0.15) is 0 Å². The Hall–Kier alpha value is -2.86. The first-order valence-corrected chi connectivity index (χ1v) is 11.0. The predicted octanol–water partition coefficient (Wildman–Crippen LogP) is 4.86. The van der Waals surface area contributed by atoms with Crippen LogP contribution in [-0.2, 0) is 10.2 Å². The molecule has 154 valence electrons. The van der Waals surface area contributed by atoms with Gasteiger partial charge in [-0.25, -0.2) is 0 Å². The second-order valence-electron chi connectivity index (χ2n) is 8.19. The van der Waals surface area contributed by atoms with Crippen molar-refractivity contribution >= 4 is 23.2 Å². The van der Waals surface area contributed by atoms with Crippen molar-refractivity contribution in [1.82, 2.24) is 14.8 Å². The third-order valence-corrected chi connectivity index (χ3v) is 6.62. The Morgan fingerprint density at radius 3 is 2.47 bits per heavy atom. The number of hydrogen-bond acceptors (Lipinski definition) is 5. The summed E-state index contributed by atoms with van der Waals surface area (Å²) >= 11 is 1.42. The molecule has 0 saturated heterocycles. The maximum Gasteiger partial charge on any atom is 0.196 e. The SMILES string of the molecule is Cc1ccc(-n2c(C)nnc2SCC(=O)C=C2N(C)c3ccccc3C2(C)C)cc1. The quantitative estimate of drug-likeness (QED) is 0.438. The monoisotopic (exact) mass is 418 g/mol. The second kappa shape index (κ2) is 7.76. The molecule has 5 nitrogen and oxygen atoms in total. The number of allylic oxidation sites excluding steroid dienone is 2. The van der Waals surface area contributed by atoms with E-state index in [0.717, 1.165) is 28.1 Å². The van der Waals surface area contributed by atoms with Crippen LogP contribution in [0.25, 0.3) is 5.69 Å². The van der Waals surface area contributed by atoms with E-state index in [-0.39, 0.29) is 11.2 Å². The highest BCUT2D eigenvalue weighted by atomic mass is 32.2.